The van der Waals surface area contributed by atoms with E-state index in [0.717, 1.165) is 42.4 Å². The molecule has 1 N–H and O–H groups in total. The lowest BCUT2D eigenvalue weighted by Crippen LogP contribution is -2.38. The molecular formula is C21H28FN3O. The van der Waals surface area contributed by atoms with Crippen molar-refractivity contribution in [1.82, 2.24) is 15.2 Å². The van der Waals surface area contributed by atoms with Gasteiger partial charge in [-0.1, -0.05) is 24.3 Å². The van der Waals surface area contributed by atoms with Crippen LogP contribution >= 0.6 is 0 Å². The monoisotopic (exact) mass is 357 g/mol. The van der Waals surface area contributed by atoms with Crippen LogP contribution in [0.25, 0.3) is 10.8 Å². The minimum atomic E-state index is -0.236. The number of hydrogen-bond donors (Lipinski definition) is 1. The summed E-state index contributed by atoms with van der Waals surface area (Å²) in [6, 6.07) is 8.02. The smallest absolute Gasteiger partial charge is 0.224 e. The molecule has 1 atom stereocenters. The van der Waals surface area contributed by atoms with Gasteiger partial charge in [-0.3, -0.25) is 14.2 Å². The van der Waals surface area contributed by atoms with E-state index in [9.17, 15) is 9.18 Å². The largest absolute Gasteiger partial charge is 0.356 e. The summed E-state index contributed by atoms with van der Waals surface area (Å²) in [5.41, 5.74) is 0.968. The SMILES string of the molecule is O=C(Cc1cncc2ccccc12)NCCC1CCCN(CCCF)C1. The topological polar surface area (TPSA) is 45.2 Å². The van der Waals surface area contributed by atoms with Gasteiger partial charge in [0.05, 0.1) is 13.1 Å². The Balaban J connectivity index is 1.44. The minimum Gasteiger partial charge on any atom is -0.356 e. The van der Waals surface area contributed by atoms with E-state index in [-0.39, 0.29) is 12.6 Å². The van der Waals surface area contributed by atoms with E-state index in [1.54, 1.807) is 6.20 Å². The Bertz CT molecular complexity index is 716. The fourth-order valence-corrected chi connectivity index (χ4v) is 3.84. The highest BCUT2D eigenvalue weighted by atomic mass is 19.1. The Morgan fingerprint density at radius 3 is 3.08 bits per heavy atom. The molecule has 140 valence electrons. The molecular weight excluding hydrogens is 329 g/mol. The Labute approximate surface area is 154 Å². The maximum Gasteiger partial charge on any atom is 0.224 e. The van der Waals surface area contributed by atoms with E-state index in [4.69, 9.17) is 0 Å². The van der Waals surface area contributed by atoms with E-state index in [2.05, 4.69) is 15.2 Å². The second-order valence-electron chi connectivity index (χ2n) is 7.19. The lowest BCUT2D eigenvalue weighted by Gasteiger charge is -2.32. The van der Waals surface area contributed by atoms with Crippen LogP contribution in [0.5, 0.6) is 0 Å². The zero-order valence-electron chi connectivity index (χ0n) is 15.3. The van der Waals surface area contributed by atoms with Gasteiger partial charge in [0.1, 0.15) is 0 Å². The summed E-state index contributed by atoms with van der Waals surface area (Å²) < 4.78 is 12.3. The predicted octanol–water partition coefficient (Wildman–Crippen LogP) is 3.36. The van der Waals surface area contributed by atoms with Gasteiger partial charge in [0.15, 0.2) is 0 Å². The maximum atomic E-state index is 12.3. The molecule has 0 radical (unpaired) electrons. The molecule has 0 spiro atoms. The number of benzene rings is 1. The highest BCUT2D eigenvalue weighted by Crippen LogP contribution is 2.20. The lowest BCUT2D eigenvalue weighted by atomic mass is 9.94. The molecule has 1 fully saturated rings. The van der Waals surface area contributed by atoms with Crippen LogP contribution in [0.4, 0.5) is 4.39 Å². The van der Waals surface area contributed by atoms with Crippen LogP contribution in [0.3, 0.4) is 0 Å². The Morgan fingerprint density at radius 2 is 2.19 bits per heavy atom. The van der Waals surface area contributed by atoms with Gasteiger partial charge in [-0.2, -0.15) is 0 Å². The molecule has 1 aliphatic heterocycles. The molecule has 2 aromatic rings. The fraction of sp³-hybridized carbons (Fsp3) is 0.524. The Morgan fingerprint density at radius 1 is 1.31 bits per heavy atom. The van der Waals surface area contributed by atoms with E-state index in [0.29, 0.717) is 25.3 Å². The highest BCUT2D eigenvalue weighted by Gasteiger charge is 2.19. The van der Waals surface area contributed by atoms with Crippen molar-refractivity contribution in [1.29, 1.82) is 0 Å². The van der Waals surface area contributed by atoms with Crippen LogP contribution in [0.15, 0.2) is 36.7 Å². The Kier molecular flexibility index (Phi) is 6.95. The first-order chi connectivity index (χ1) is 12.8. The van der Waals surface area contributed by atoms with Crippen LogP contribution in [0.1, 0.15) is 31.2 Å². The van der Waals surface area contributed by atoms with E-state index in [1.807, 2.05) is 30.5 Å². The summed E-state index contributed by atoms with van der Waals surface area (Å²) in [5, 5.41) is 5.21. The number of carbonyl (C=O) groups is 1. The van der Waals surface area contributed by atoms with Crippen molar-refractivity contribution in [2.24, 2.45) is 5.92 Å². The second kappa shape index (κ2) is 9.62. The molecule has 3 rings (SSSR count). The average Bonchev–Trinajstić information content (AvgIpc) is 2.67. The molecule has 4 nitrogen and oxygen atoms in total. The number of nitrogens with zero attached hydrogens (tertiary/aromatic N) is 2. The lowest BCUT2D eigenvalue weighted by molar-refractivity contribution is -0.120. The van der Waals surface area contributed by atoms with Gasteiger partial charge < -0.3 is 10.2 Å². The highest BCUT2D eigenvalue weighted by molar-refractivity contribution is 5.89. The van der Waals surface area contributed by atoms with E-state index < -0.39 is 0 Å². The molecule has 1 aromatic carbocycles. The summed E-state index contributed by atoms with van der Waals surface area (Å²) in [6.45, 7) is 3.44. The van der Waals surface area contributed by atoms with Crippen LogP contribution in [0, 0.1) is 5.92 Å². The average molecular weight is 357 g/mol. The zero-order valence-corrected chi connectivity index (χ0v) is 15.3. The van der Waals surface area contributed by atoms with Crippen molar-refractivity contribution in [3.63, 3.8) is 0 Å². The first kappa shape index (κ1) is 18.8. The number of pyridine rings is 1. The fourth-order valence-electron chi connectivity index (χ4n) is 3.84. The molecule has 2 heterocycles. The molecule has 1 amide bonds. The number of aromatic nitrogens is 1. The molecule has 1 saturated heterocycles. The van der Waals surface area contributed by atoms with Crippen molar-refractivity contribution >= 4 is 16.7 Å². The minimum absolute atomic E-state index is 0.0493. The standard InChI is InChI=1S/C21H28FN3O/c22-9-4-12-25-11-3-5-17(16-25)8-10-24-21(26)13-19-15-23-14-18-6-1-2-7-20(18)19/h1-2,6-7,14-15,17H,3-5,8-13,16H2,(H,24,26). The number of hydrogen-bond acceptors (Lipinski definition) is 3. The normalized spacial score (nSPS) is 18.1. The second-order valence-corrected chi connectivity index (χ2v) is 7.19. The van der Waals surface area contributed by atoms with Gasteiger partial charge in [0.25, 0.3) is 0 Å². The third kappa shape index (κ3) is 5.24. The van der Waals surface area contributed by atoms with Crippen molar-refractivity contribution in [3.05, 3.63) is 42.2 Å². The number of carbonyl (C=O) groups excluding carboxylic acids is 1. The first-order valence-corrected chi connectivity index (χ1v) is 9.63. The zero-order chi connectivity index (χ0) is 18.2. The third-order valence-corrected chi connectivity index (χ3v) is 5.19. The van der Waals surface area contributed by atoms with Crippen LogP contribution < -0.4 is 5.32 Å². The third-order valence-electron chi connectivity index (χ3n) is 5.19. The van der Waals surface area contributed by atoms with Gasteiger partial charge in [-0.05, 0) is 49.1 Å². The quantitative estimate of drug-likeness (QED) is 0.788. The number of likely N-dealkylation sites (tertiary alicyclic amines) is 1. The molecule has 5 heteroatoms. The van der Waals surface area contributed by atoms with E-state index >= 15 is 0 Å². The number of rotatable bonds is 8. The maximum absolute atomic E-state index is 12.3. The molecule has 26 heavy (non-hydrogen) atoms. The summed E-state index contributed by atoms with van der Waals surface area (Å²) in [4.78, 5) is 18.9. The molecule has 0 saturated carbocycles. The van der Waals surface area contributed by atoms with Crippen LogP contribution in [0.2, 0.25) is 0 Å². The summed E-state index contributed by atoms with van der Waals surface area (Å²) in [7, 11) is 0. The van der Waals surface area contributed by atoms with Gasteiger partial charge >= 0.3 is 0 Å². The van der Waals surface area contributed by atoms with Gasteiger partial charge in [0.2, 0.25) is 5.91 Å². The van der Waals surface area contributed by atoms with E-state index in [1.165, 1.54) is 12.8 Å². The predicted molar refractivity (Wildman–Crippen MR) is 103 cm³/mol. The number of alkyl halides is 1. The van der Waals surface area contributed by atoms with Crippen LogP contribution in [-0.4, -0.2) is 48.6 Å². The van der Waals surface area contributed by atoms with Crippen LogP contribution in [-0.2, 0) is 11.2 Å². The number of halogens is 1. The van der Waals surface area contributed by atoms with Gasteiger partial charge in [-0.25, -0.2) is 0 Å². The summed E-state index contributed by atoms with van der Waals surface area (Å²) in [5.74, 6) is 0.649. The molecule has 1 aliphatic rings. The van der Waals surface area contributed by atoms with Crippen molar-refractivity contribution < 1.29 is 9.18 Å². The molecule has 1 unspecified atom stereocenters. The van der Waals surface area contributed by atoms with Gasteiger partial charge in [0, 0.05) is 37.4 Å². The number of piperidine rings is 1. The van der Waals surface area contributed by atoms with Crippen molar-refractivity contribution in [2.45, 2.75) is 32.1 Å². The molecule has 0 bridgehead atoms. The first-order valence-electron chi connectivity index (χ1n) is 9.63. The molecule has 1 aromatic heterocycles. The molecule has 0 aliphatic carbocycles. The number of amides is 1. The Hall–Kier alpha value is -2.01. The van der Waals surface area contributed by atoms with Crippen molar-refractivity contribution in [2.75, 3.05) is 32.9 Å². The number of nitrogens with one attached hydrogen (secondary N) is 1. The summed E-state index contributed by atoms with van der Waals surface area (Å²) in [6.07, 6.45) is 7.97. The van der Waals surface area contributed by atoms with Crippen molar-refractivity contribution in [3.8, 4) is 0 Å². The summed E-state index contributed by atoms with van der Waals surface area (Å²) >= 11 is 0. The van der Waals surface area contributed by atoms with Gasteiger partial charge in [-0.15, -0.1) is 0 Å². The number of fused-ring (bicyclic) bond motifs is 1.